The van der Waals surface area contributed by atoms with Gasteiger partial charge in [0, 0.05) is 18.0 Å². The number of amides is 3. The monoisotopic (exact) mass is 487 g/mol. The third-order valence-corrected chi connectivity index (χ3v) is 5.68. The number of nitrogens with zero attached hydrogens (tertiary/aromatic N) is 1. The number of fused-ring (bicyclic) bond motifs is 3. The molecule has 1 aliphatic carbocycles. The summed E-state index contributed by atoms with van der Waals surface area (Å²) in [6.07, 6.45) is -0.129. The molecule has 2 N–H and O–H groups in total. The maximum Gasteiger partial charge on any atom is 0.407 e. The lowest BCUT2D eigenvalue weighted by Crippen LogP contribution is -2.45. The molecule has 0 saturated carbocycles. The van der Waals surface area contributed by atoms with Crippen LogP contribution in [0.1, 0.15) is 53.7 Å². The lowest BCUT2D eigenvalue weighted by Gasteiger charge is -2.26. The number of hydroxylamine groups is 1. The normalized spacial score (nSPS) is 12.3. The van der Waals surface area contributed by atoms with Crippen molar-refractivity contribution in [3.8, 4) is 11.1 Å². The van der Waals surface area contributed by atoms with Crippen LogP contribution in [0.15, 0.2) is 72.8 Å². The van der Waals surface area contributed by atoms with Gasteiger partial charge in [-0.05, 0) is 60.7 Å². The number of hydrogen-bond acceptors (Lipinski definition) is 5. The van der Waals surface area contributed by atoms with Crippen LogP contribution in [0.4, 0.5) is 4.79 Å². The Bertz CT molecular complexity index is 1210. The molecule has 3 aromatic rings. The first kappa shape index (κ1) is 24.9. The van der Waals surface area contributed by atoms with Crippen molar-refractivity contribution in [3.05, 3.63) is 95.1 Å². The van der Waals surface area contributed by atoms with E-state index in [9.17, 15) is 14.4 Å². The first-order chi connectivity index (χ1) is 17.2. The Hall–Kier alpha value is -4.17. The number of hydrazine groups is 1. The number of hydrogen-bond donors (Lipinski definition) is 2. The summed E-state index contributed by atoms with van der Waals surface area (Å²) in [5, 5.41) is 3.50. The van der Waals surface area contributed by atoms with Crippen LogP contribution in [-0.2, 0) is 20.9 Å². The molecule has 36 heavy (non-hydrogen) atoms. The fourth-order valence-electron chi connectivity index (χ4n) is 4.13. The molecule has 0 bridgehead atoms. The average Bonchev–Trinajstić information content (AvgIpc) is 3.19. The summed E-state index contributed by atoms with van der Waals surface area (Å²) < 4.78 is 5.55. The number of alkyl carbamates (subject to hydrolysis) is 1. The molecular formula is C28H29N3O5. The maximum atomic E-state index is 12.4. The highest BCUT2D eigenvalue weighted by Crippen LogP contribution is 2.44. The molecule has 0 atom stereocenters. The van der Waals surface area contributed by atoms with E-state index >= 15 is 0 Å². The second-order valence-corrected chi connectivity index (χ2v) is 9.45. The number of carbonyl (C=O) groups excluding carboxylic acids is 3. The molecule has 8 heteroatoms. The Kier molecular flexibility index (Phi) is 7.36. The van der Waals surface area contributed by atoms with Crippen molar-refractivity contribution in [1.29, 1.82) is 0 Å². The van der Waals surface area contributed by atoms with Gasteiger partial charge in [0.15, 0.2) is 0 Å². The van der Waals surface area contributed by atoms with Crippen molar-refractivity contribution in [3.63, 3.8) is 0 Å². The van der Waals surface area contributed by atoms with Crippen LogP contribution >= 0.6 is 0 Å². The van der Waals surface area contributed by atoms with Gasteiger partial charge in [-0.2, -0.15) is 0 Å². The third kappa shape index (κ3) is 5.90. The fraction of sp³-hybridized carbons (Fsp3) is 0.250. The number of nitrogens with one attached hydrogen (secondary N) is 2. The molecule has 0 heterocycles. The van der Waals surface area contributed by atoms with Crippen molar-refractivity contribution in [1.82, 2.24) is 15.9 Å². The minimum Gasteiger partial charge on any atom is -0.449 e. The van der Waals surface area contributed by atoms with Gasteiger partial charge in [0.1, 0.15) is 6.61 Å². The standard InChI is InChI=1S/C28H29N3O5/c1-28(2,3)36-31(18-32)30-26(33)20-14-12-19(13-15-20)16-29-27(34)35-17-25-23-10-6-4-8-21(23)22-9-5-7-11-24(22)25/h4-15,18,25H,16-17H2,1-3H3,(H,29,34)(H,30,33). The largest absolute Gasteiger partial charge is 0.449 e. The molecule has 4 rings (SSSR count). The van der Waals surface area contributed by atoms with Crippen molar-refractivity contribution in [2.45, 2.75) is 38.8 Å². The molecular weight excluding hydrogens is 458 g/mol. The molecule has 0 radical (unpaired) electrons. The van der Waals surface area contributed by atoms with Crippen LogP contribution in [0.3, 0.4) is 0 Å². The summed E-state index contributed by atoms with van der Waals surface area (Å²) in [6.45, 7) is 5.76. The molecule has 8 nitrogen and oxygen atoms in total. The van der Waals surface area contributed by atoms with E-state index in [1.165, 1.54) is 11.1 Å². The van der Waals surface area contributed by atoms with E-state index in [2.05, 4.69) is 35.0 Å². The van der Waals surface area contributed by atoms with Crippen LogP contribution in [-0.4, -0.2) is 35.8 Å². The van der Waals surface area contributed by atoms with E-state index in [4.69, 9.17) is 9.57 Å². The summed E-state index contributed by atoms with van der Waals surface area (Å²) in [5.74, 6) is -0.503. The highest BCUT2D eigenvalue weighted by Gasteiger charge is 2.29. The van der Waals surface area contributed by atoms with Gasteiger partial charge < -0.3 is 10.1 Å². The summed E-state index contributed by atoms with van der Waals surface area (Å²) in [4.78, 5) is 41.3. The predicted molar refractivity (Wildman–Crippen MR) is 135 cm³/mol. The molecule has 186 valence electrons. The van der Waals surface area contributed by atoms with Gasteiger partial charge in [0.2, 0.25) is 0 Å². The van der Waals surface area contributed by atoms with Crippen LogP contribution in [0.25, 0.3) is 11.1 Å². The molecule has 0 spiro atoms. The van der Waals surface area contributed by atoms with Gasteiger partial charge in [0.05, 0.1) is 5.60 Å². The first-order valence-electron chi connectivity index (χ1n) is 11.7. The van der Waals surface area contributed by atoms with E-state index in [0.717, 1.165) is 21.9 Å². The maximum absolute atomic E-state index is 12.4. The van der Waals surface area contributed by atoms with Crippen LogP contribution < -0.4 is 10.7 Å². The molecule has 1 aliphatic rings. The minimum absolute atomic E-state index is 0.00543. The molecule has 3 amide bonds. The number of benzene rings is 3. The van der Waals surface area contributed by atoms with Crippen molar-refractivity contribution in [2.24, 2.45) is 0 Å². The van der Waals surface area contributed by atoms with Gasteiger partial charge >= 0.3 is 6.09 Å². The second kappa shape index (κ2) is 10.6. The second-order valence-electron chi connectivity index (χ2n) is 9.45. The highest BCUT2D eigenvalue weighted by atomic mass is 16.7. The Labute approximate surface area is 210 Å². The molecule has 0 unspecified atom stereocenters. The van der Waals surface area contributed by atoms with Crippen molar-refractivity contribution in [2.75, 3.05) is 6.61 Å². The van der Waals surface area contributed by atoms with E-state index in [0.29, 0.717) is 12.0 Å². The smallest absolute Gasteiger partial charge is 0.407 e. The number of ether oxygens (including phenoxy) is 1. The Morgan fingerprint density at radius 1 is 0.917 bits per heavy atom. The van der Waals surface area contributed by atoms with Gasteiger partial charge in [-0.15, -0.1) is 5.17 Å². The lowest BCUT2D eigenvalue weighted by molar-refractivity contribution is -0.231. The van der Waals surface area contributed by atoms with Gasteiger partial charge in [-0.25, -0.2) is 15.1 Å². The lowest BCUT2D eigenvalue weighted by atomic mass is 9.98. The van der Waals surface area contributed by atoms with Crippen molar-refractivity contribution >= 4 is 18.4 Å². The molecule has 0 fully saturated rings. The van der Waals surface area contributed by atoms with Crippen LogP contribution in [0.5, 0.6) is 0 Å². The third-order valence-electron chi connectivity index (χ3n) is 5.68. The molecule has 0 aromatic heterocycles. The number of carbonyl (C=O) groups is 3. The zero-order chi connectivity index (χ0) is 25.7. The van der Waals surface area contributed by atoms with Crippen LogP contribution in [0, 0.1) is 0 Å². The molecule has 0 aliphatic heterocycles. The summed E-state index contributed by atoms with van der Waals surface area (Å²) in [5.41, 5.74) is 7.51. The zero-order valence-electron chi connectivity index (χ0n) is 20.5. The Morgan fingerprint density at radius 2 is 1.50 bits per heavy atom. The van der Waals surface area contributed by atoms with E-state index in [-0.39, 0.29) is 19.1 Å². The molecule has 3 aromatic carbocycles. The fourth-order valence-corrected chi connectivity index (χ4v) is 4.13. The van der Waals surface area contributed by atoms with Crippen LogP contribution in [0.2, 0.25) is 0 Å². The predicted octanol–water partition coefficient (Wildman–Crippen LogP) is 4.56. The minimum atomic E-state index is -0.650. The van der Waals surface area contributed by atoms with E-state index < -0.39 is 17.6 Å². The van der Waals surface area contributed by atoms with Crippen molar-refractivity contribution < 1.29 is 24.0 Å². The Balaban J connectivity index is 1.29. The van der Waals surface area contributed by atoms with Gasteiger partial charge in [0.25, 0.3) is 12.3 Å². The summed E-state index contributed by atoms with van der Waals surface area (Å²) in [6, 6.07) is 23.0. The SMILES string of the molecule is CC(C)(C)ON(C=O)NC(=O)c1ccc(CNC(=O)OCC2c3ccccc3-c3ccccc32)cc1. The topological polar surface area (TPSA) is 97.0 Å². The first-order valence-corrected chi connectivity index (χ1v) is 11.7. The van der Waals surface area contributed by atoms with Gasteiger partial charge in [-0.3, -0.25) is 9.59 Å². The molecule has 0 saturated heterocycles. The average molecular weight is 488 g/mol. The van der Waals surface area contributed by atoms with E-state index in [1.54, 1.807) is 45.0 Å². The number of rotatable bonds is 8. The summed E-state index contributed by atoms with van der Waals surface area (Å²) >= 11 is 0. The zero-order valence-corrected chi connectivity index (χ0v) is 20.5. The van der Waals surface area contributed by atoms with E-state index in [1.807, 2.05) is 24.3 Å². The quantitative estimate of drug-likeness (QED) is 0.359. The highest BCUT2D eigenvalue weighted by molar-refractivity contribution is 5.94. The Morgan fingerprint density at radius 3 is 2.06 bits per heavy atom. The van der Waals surface area contributed by atoms with Gasteiger partial charge in [-0.1, -0.05) is 60.7 Å². The summed E-state index contributed by atoms with van der Waals surface area (Å²) in [7, 11) is 0.